The topological polar surface area (TPSA) is 75.4 Å². The molecule has 6 nitrogen and oxygen atoms in total. The van der Waals surface area contributed by atoms with Crippen LogP contribution < -0.4 is 10.2 Å². The monoisotopic (exact) mass is 333 g/mol. The normalized spacial score (nSPS) is 14.4. The minimum absolute atomic E-state index is 0.0689. The Bertz CT molecular complexity index is 765. The molecule has 23 heavy (non-hydrogen) atoms. The number of carbonyl (C=O) groups excluding carboxylic acids is 2. The van der Waals surface area contributed by atoms with Crippen LogP contribution in [0, 0.1) is 13.8 Å². The van der Waals surface area contributed by atoms with Crippen molar-refractivity contribution < 1.29 is 14.1 Å². The summed E-state index contributed by atoms with van der Waals surface area (Å²) in [5.74, 6) is 0.229. The molecule has 1 aromatic heterocycles. The first kappa shape index (κ1) is 15.6. The first-order valence-electron chi connectivity index (χ1n) is 7.31. The molecule has 0 radical (unpaired) electrons. The lowest BCUT2D eigenvalue weighted by atomic mass is 10.2. The molecule has 2 aromatic rings. The number of nitrogens with zero attached hydrogens (tertiary/aromatic N) is 2. The van der Waals surface area contributed by atoms with Crippen LogP contribution in [0.15, 0.2) is 22.7 Å². The number of amides is 2. The summed E-state index contributed by atoms with van der Waals surface area (Å²) in [6.45, 7) is 4.06. The minimum atomic E-state index is -0.303. The molecule has 1 saturated heterocycles. The van der Waals surface area contributed by atoms with E-state index in [4.69, 9.17) is 16.1 Å². The molecule has 1 aliphatic rings. The van der Waals surface area contributed by atoms with Crippen molar-refractivity contribution in [2.75, 3.05) is 16.8 Å². The number of aryl methyl sites for hydroxylation is 2. The van der Waals surface area contributed by atoms with Gasteiger partial charge in [-0.25, -0.2) is 0 Å². The highest BCUT2D eigenvalue weighted by Crippen LogP contribution is 2.32. The maximum Gasteiger partial charge on any atom is 0.261 e. The van der Waals surface area contributed by atoms with Crippen molar-refractivity contribution in [2.45, 2.75) is 26.7 Å². The summed E-state index contributed by atoms with van der Waals surface area (Å²) in [7, 11) is 0. The Hall–Kier alpha value is -2.34. The van der Waals surface area contributed by atoms with E-state index in [1.807, 2.05) is 0 Å². The molecule has 120 valence electrons. The molecule has 0 spiro atoms. The van der Waals surface area contributed by atoms with Gasteiger partial charge in [-0.05, 0) is 38.5 Å². The van der Waals surface area contributed by atoms with E-state index < -0.39 is 0 Å². The summed E-state index contributed by atoms with van der Waals surface area (Å²) in [4.78, 5) is 25.8. The SMILES string of the molecule is Cc1noc(C)c1C(=O)Nc1ccc(N2CCCC2=O)c(Cl)c1. The van der Waals surface area contributed by atoms with Gasteiger partial charge >= 0.3 is 0 Å². The van der Waals surface area contributed by atoms with Gasteiger partial charge in [0.25, 0.3) is 5.91 Å². The van der Waals surface area contributed by atoms with Crippen LogP contribution in [0.1, 0.15) is 34.7 Å². The van der Waals surface area contributed by atoms with E-state index in [0.29, 0.717) is 46.4 Å². The van der Waals surface area contributed by atoms with Crippen molar-refractivity contribution in [3.8, 4) is 0 Å². The Morgan fingerprint density at radius 1 is 1.39 bits per heavy atom. The molecule has 0 unspecified atom stereocenters. The molecule has 3 rings (SSSR count). The summed E-state index contributed by atoms with van der Waals surface area (Å²) in [6.07, 6.45) is 1.38. The summed E-state index contributed by atoms with van der Waals surface area (Å²) in [6, 6.07) is 5.11. The second kappa shape index (κ2) is 6.04. The molecule has 0 atom stereocenters. The number of carbonyl (C=O) groups is 2. The fourth-order valence-corrected chi connectivity index (χ4v) is 2.99. The molecule has 1 aromatic carbocycles. The van der Waals surface area contributed by atoms with Crippen molar-refractivity contribution in [1.29, 1.82) is 0 Å². The summed E-state index contributed by atoms with van der Waals surface area (Å²) < 4.78 is 5.00. The summed E-state index contributed by atoms with van der Waals surface area (Å²) in [5, 5.41) is 6.96. The van der Waals surface area contributed by atoms with Crippen LogP contribution in [0.25, 0.3) is 0 Å². The number of rotatable bonds is 3. The van der Waals surface area contributed by atoms with Crippen molar-refractivity contribution >= 4 is 34.8 Å². The van der Waals surface area contributed by atoms with Crippen LogP contribution in [-0.4, -0.2) is 23.5 Å². The zero-order chi connectivity index (χ0) is 16.6. The number of aromatic nitrogens is 1. The van der Waals surface area contributed by atoms with Crippen LogP contribution in [0.2, 0.25) is 5.02 Å². The maximum absolute atomic E-state index is 12.3. The van der Waals surface area contributed by atoms with Crippen molar-refractivity contribution in [2.24, 2.45) is 0 Å². The summed E-state index contributed by atoms with van der Waals surface area (Å²) >= 11 is 6.27. The van der Waals surface area contributed by atoms with Crippen molar-refractivity contribution in [3.05, 3.63) is 40.2 Å². The Morgan fingerprint density at radius 3 is 2.74 bits per heavy atom. The Kier molecular flexibility index (Phi) is 4.09. The first-order valence-corrected chi connectivity index (χ1v) is 7.69. The molecule has 0 saturated carbocycles. The molecule has 1 N–H and O–H groups in total. The van der Waals surface area contributed by atoms with Gasteiger partial charge in [0.05, 0.1) is 16.4 Å². The second-order valence-electron chi connectivity index (χ2n) is 5.47. The highest BCUT2D eigenvalue weighted by atomic mass is 35.5. The molecule has 1 fully saturated rings. The molecule has 2 amide bonds. The van der Waals surface area contributed by atoms with Crippen molar-refractivity contribution in [3.63, 3.8) is 0 Å². The molecule has 2 heterocycles. The number of hydrogen-bond donors (Lipinski definition) is 1. The first-order chi connectivity index (χ1) is 11.0. The third-order valence-electron chi connectivity index (χ3n) is 3.83. The average molecular weight is 334 g/mol. The van der Waals surface area contributed by atoms with Gasteiger partial charge in [0.1, 0.15) is 11.3 Å². The lowest BCUT2D eigenvalue weighted by molar-refractivity contribution is -0.117. The predicted octanol–water partition coefficient (Wildman–Crippen LogP) is 3.32. The van der Waals surface area contributed by atoms with Gasteiger partial charge in [0.2, 0.25) is 5.91 Å². The van der Waals surface area contributed by atoms with Gasteiger partial charge in [-0.3, -0.25) is 9.59 Å². The van der Waals surface area contributed by atoms with Crippen molar-refractivity contribution in [1.82, 2.24) is 5.16 Å². The van der Waals surface area contributed by atoms with Crippen LogP contribution in [0.3, 0.4) is 0 Å². The third kappa shape index (κ3) is 2.94. The van der Waals surface area contributed by atoms with E-state index in [1.165, 1.54) is 0 Å². The van der Waals surface area contributed by atoms with Crippen LogP contribution in [-0.2, 0) is 4.79 Å². The van der Waals surface area contributed by atoms with E-state index in [9.17, 15) is 9.59 Å². The number of benzene rings is 1. The van der Waals surface area contributed by atoms with E-state index in [1.54, 1.807) is 36.9 Å². The summed E-state index contributed by atoms with van der Waals surface area (Å²) in [5.41, 5.74) is 2.17. The predicted molar refractivity (Wildman–Crippen MR) is 87.0 cm³/mol. The van der Waals surface area contributed by atoms with Gasteiger partial charge < -0.3 is 14.7 Å². The van der Waals surface area contributed by atoms with Gasteiger partial charge in [-0.15, -0.1) is 0 Å². The zero-order valence-electron chi connectivity index (χ0n) is 12.9. The lowest BCUT2D eigenvalue weighted by Gasteiger charge is -2.18. The van der Waals surface area contributed by atoms with E-state index in [-0.39, 0.29) is 11.8 Å². The zero-order valence-corrected chi connectivity index (χ0v) is 13.6. The highest BCUT2D eigenvalue weighted by Gasteiger charge is 2.24. The molecular formula is C16H16ClN3O3. The smallest absolute Gasteiger partial charge is 0.261 e. The highest BCUT2D eigenvalue weighted by molar-refractivity contribution is 6.34. The van der Waals surface area contributed by atoms with E-state index in [2.05, 4.69) is 10.5 Å². The van der Waals surface area contributed by atoms with Crippen LogP contribution >= 0.6 is 11.6 Å². The second-order valence-corrected chi connectivity index (χ2v) is 5.88. The fourth-order valence-electron chi connectivity index (χ4n) is 2.71. The molecule has 7 heteroatoms. The molecule has 0 aliphatic carbocycles. The Balaban J connectivity index is 1.81. The quantitative estimate of drug-likeness (QED) is 0.934. The van der Waals surface area contributed by atoms with E-state index in [0.717, 1.165) is 6.42 Å². The number of anilines is 2. The molecular weight excluding hydrogens is 318 g/mol. The fraction of sp³-hybridized carbons (Fsp3) is 0.312. The van der Waals surface area contributed by atoms with Gasteiger partial charge in [-0.1, -0.05) is 16.8 Å². The lowest BCUT2D eigenvalue weighted by Crippen LogP contribution is -2.24. The Morgan fingerprint density at radius 2 is 2.17 bits per heavy atom. The molecule has 1 aliphatic heterocycles. The van der Waals surface area contributed by atoms with Gasteiger partial charge in [0.15, 0.2) is 0 Å². The molecule has 0 bridgehead atoms. The largest absolute Gasteiger partial charge is 0.361 e. The number of halogens is 1. The number of hydrogen-bond acceptors (Lipinski definition) is 4. The Labute approximate surface area is 138 Å². The number of nitrogens with one attached hydrogen (secondary N) is 1. The maximum atomic E-state index is 12.3. The standard InChI is InChI=1S/C16H16ClN3O3/c1-9-15(10(2)23-19-9)16(22)18-11-5-6-13(12(17)8-11)20-7-3-4-14(20)21/h5-6,8H,3-4,7H2,1-2H3,(H,18,22). The van der Waals surface area contributed by atoms with Gasteiger partial charge in [-0.2, -0.15) is 0 Å². The van der Waals surface area contributed by atoms with Crippen LogP contribution in [0.4, 0.5) is 11.4 Å². The third-order valence-corrected chi connectivity index (χ3v) is 4.13. The van der Waals surface area contributed by atoms with E-state index >= 15 is 0 Å². The average Bonchev–Trinajstić information content (AvgIpc) is 3.05. The van der Waals surface area contributed by atoms with Gasteiger partial charge in [0, 0.05) is 18.7 Å². The minimum Gasteiger partial charge on any atom is -0.361 e. The van der Waals surface area contributed by atoms with Crippen LogP contribution in [0.5, 0.6) is 0 Å².